The van der Waals surface area contributed by atoms with E-state index in [9.17, 15) is 18.0 Å². The molecule has 0 N–H and O–H groups in total. The molecule has 2 heterocycles. The predicted octanol–water partition coefficient (Wildman–Crippen LogP) is 3.72. The normalized spacial score (nSPS) is 28.8. The van der Waals surface area contributed by atoms with Crippen molar-refractivity contribution in [1.29, 1.82) is 0 Å². The van der Waals surface area contributed by atoms with Crippen molar-refractivity contribution in [3.8, 4) is 0 Å². The van der Waals surface area contributed by atoms with E-state index in [-0.39, 0.29) is 24.8 Å². The summed E-state index contributed by atoms with van der Waals surface area (Å²) >= 11 is 0. The molecule has 3 atom stereocenters. The topological polar surface area (TPSA) is 38.1 Å². The summed E-state index contributed by atoms with van der Waals surface area (Å²) in [5, 5.41) is 0. The lowest BCUT2D eigenvalue weighted by atomic mass is 9.80. The molecule has 0 bridgehead atoms. The molecule has 134 valence electrons. The molecular weight excluding hydrogens is 319 g/mol. The first-order valence-corrected chi connectivity index (χ1v) is 8.71. The number of likely N-dealkylation sites (tertiary alicyclic amines) is 1. The van der Waals surface area contributed by atoms with E-state index in [1.165, 1.54) is 0 Å². The maximum absolute atomic E-state index is 13.0. The third-order valence-corrected chi connectivity index (χ3v) is 5.45. The van der Waals surface area contributed by atoms with Gasteiger partial charge in [-0.15, -0.1) is 0 Å². The second-order valence-corrected chi connectivity index (χ2v) is 7.06. The van der Waals surface area contributed by atoms with Crippen LogP contribution in [0.25, 0.3) is 0 Å². The Balaban J connectivity index is 1.65. The largest absolute Gasteiger partial charge is 0.391 e. The Morgan fingerprint density at radius 3 is 2.71 bits per heavy atom. The molecule has 0 unspecified atom stereocenters. The molecule has 1 saturated carbocycles. The Kier molecular flexibility index (Phi) is 4.88. The number of hydrogen-bond donors (Lipinski definition) is 0. The van der Waals surface area contributed by atoms with Crippen LogP contribution in [0.4, 0.5) is 13.2 Å². The number of alkyl halides is 3. The molecule has 4 nitrogen and oxygen atoms in total. The van der Waals surface area contributed by atoms with Gasteiger partial charge in [0.15, 0.2) is 0 Å². The Bertz CT molecular complexity index is 584. The highest BCUT2D eigenvalue weighted by atomic mass is 19.4. The van der Waals surface area contributed by atoms with Crippen LogP contribution in [0.5, 0.6) is 0 Å². The lowest BCUT2D eigenvalue weighted by Gasteiger charge is -2.38. The van der Waals surface area contributed by atoms with Gasteiger partial charge in [-0.2, -0.15) is 13.2 Å². The van der Waals surface area contributed by atoms with Crippen molar-refractivity contribution < 1.29 is 18.0 Å². The smallest absolute Gasteiger partial charge is 0.340 e. The fourth-order valence-electron chi connectivity index (χ4n) is 4.13. The minimum atomic E-state index is -4.18. The minimum absolute atomic E-state index is 0.0480. The lowest BCUT2D eigenvalue weighted by Crippen LogP contribution is -2.45. The van der Waals surface area contributed by atoms with E-state index in [2.05, 4.69) is 9.55 Å². The van der Waals surface area contributed by atoms with Crippen molar-refractivity contribution in [3.63, 3.8) is 0 Å². The fourth-order valence-corrected chi connectivity index (χ4v) is 4.13. The zero-order chi connectivity index (χ0) is 17.3. The number of aryl methyl sites for hydroxylation is 1. The number of imidazole rings is 1. The van der Waals surface area contributed by atoms with Gasteiger partial charge in [0.2, 0.25) is 5.91 Å². The number of rotatable bonds is 2. The van der Waals surface area contributed by atoms with E-state index >= 15 is 0 Å². The van der Waals surface area contributed by atoms with E-state index in [4.69, 9.17) is 0 Å². The molecule has 1 aliphatic heterocycles. The number of amides is 1. The highest BCUT2D eigenvalue weighted by Crippen LogP contribution is 2.40. The average molecular weight is 343 g/mol. The van der Waals surface area contributed by atoms with Crippen LogP contribution in [-0.4, -0.2) is 39.6 Å². The van der Waals surface area contributed by atoms with Gasteiger partial charge in [-0.05, 0) is 39.0 Å². The van der Waals surface area contributed by atoms with Crippen LogP contribution in [0.15, 0.2) is 12.4 Å². The van der Waals surface area contributed by atoms with E-state index in [1.54, 1.807) is 11.1 Å². The fraction of sp³-hybridized carbons (Fsp3) is 0.765. The number of carbonyl (C=O) groups excluding carboxylic acids is 1. The molecule has 7 heteroatoms. The van der Waals surface area contributed by atoms with Crippen LogP contribution in [0.2, 0.25) is 0 Å². The van der Waals surface area contributed by atoms with E-state index < -0.39 is 18.0 Å². The standard InChI is InChI=1S/C17H24F3N3O/c1-12-21-7-9-23(12)15-6-3-8-22(11-15)16(24)13-4-2-5-14(10-13)17(18,19)20/h7,9,13-15H,2-6,8,10-11H2,1H3/t13-,14+,15-/m1/s1. The van der Waals surface area contributed by atoms with Crippen LogP contribution in [0.3, 0.4) is 0 Å². The third-order valence-electron chi connectivity index (χ3n) is 5.45. The van der Waals surface area contributed by atoms with E-state index in [1.807, 2.05) is 13.1 Å². The van der Waals surface area contributed by atoms with Crippen LogP contribution in [-0.2, 0) is 4.79 Å². The molecule has 0 spiro atoms. The number of carbonyl (C=O) groups is 1. The first-order valence-electron chi connectivity index (χ1n) is 8.71. The number of nitrogens with zero attached hydrogens (tertiary/aromatic N) is 3. The molecule has 24 heavy (non-hydrogen) atoms. The summed E-state index contributed by atoms with van der Waals surface area (Å²) in [7, 11) is 0. The number of piperidine rings is 1. The van der Waals surface area contributed by atoms with Gasteiger partial charge in [0.1, 0.15) is 5.82 Å². The molecule has 2 aliphatic rings. The van der Waals surface area contributed by atoms with Gasteiger partial charge in [-0.25, -0.2) is 4.98 Å². The van der Waals surface area contributed by atoms with Crippen molar-refractivity contribution in [2.75, 3.05) is 13.1 Å². The summed E-state index contributed by atoms with van der Waals surface area (Å²) in [6, 6.07) is 0.173. The summed E-state index contributed by atoms with van der Waals surface area (Å²) in [5.41, 5.74) is 0. The zero-order valence-electron chi connectivity index (χ0n) is 13.9. The van der Waals surface area contributed by atoms with Gasteiger partial charge in [-0.3, -0.25) is 4.79 Å². The van der Waals surface area contributed by atoms with Crippen molar-refractivity contribution in [3.05, 3.63) is 18.2 Å². The first kappa shape index (κ1) is 17.3. The summed E-state index contributed by atoms with van der Waals surface area (Å²) < 4.78 is 41.0. The summed E-state index contributed by atoms with van der Waals surface area (Å²) in [6.07, 6.45) is 2.49. The Morgan fingerprint density at radius 1 is 1.25 bits per heavy atom. The minimum Gasteiger partial charge on any atom is -0.340 e. The summed E-state index contributed by atoms with van der Waals surface area (Å²) in [6.45, 7) is 3.15. The molecule has 0 aromatic carbocycles. The van der Waals surface area contributed by atoms with Gasteiger partial charge < -0.3 is 9.47 Å². The number of halogens is 3. The molecule has 2 fully saturated rings. The molecular formula is C17H24F3N3O. The molecule has 1 aromatic heterocycles. The van der Waals surface area contributed by atoms with Crippen LogP contribution in [0.1, 0.15) is 50.4 Å². The lowest BCUT2D eigenvalue weighted by molar-refractivity contribution is -0.187. The SMILES string of the molecule is Cc1nccn1[C@@H]1CCCN(C(=O)[C@@H]2CCC[C@H](C(F)(F)F)C2)C1. The highest BCUT2D eigenvalue weighted by Gasteiger charge is 2.44. The second kappa shape index (κ2) is 6.76. The maximum Gasteiger partial charge on any atom is 0.391 e. The van der Waals surface area contributed by atoms with Gasteiger partial charge >= 0.3 is 6.18 Å². The van der Waals surface area contributed by atoms with Crippen molar-refractivity contribution >= 4 is 5.91 Å². The third kappa shape index (κ3) is 3.59. The molecule has 1 amide bonds. The second-order valence-electron chi connectivity index (χ2n) is 7.06. The average Bonchev–Trinajstić information content (AvgIpc) is 3.00. The molecule has 0 radical (unpaired) electrons. The number of aromatic nitrogens is 2. The summed E-state index contributed by atoms with van der Waals surface area (Å²) in [4.78, 5) is 18.8. The maximum atomic E-state index is 13.0. The van der Waals surface area contributed by atoms with Crippen molar-refractivity contribution in [2.45, 2.75) is 57.7 Å². The van der Waals surface area contributed by atoms with Crippen LogP contribution >= 0.6 is 0 Å². The zero-order valence-corrected chi connectivity index (χ0v) is 13.9. The Labute approximate surface area is 140 Å². The van der Waals surface area contributed by atoms with E-state index in [0.717, 1.165) is 18.7 Å². The molecule has 1 aromatic rings. The molecule has 1 aliphatic carbocycles. The van der Waals surface area contributed by atoms with Crippen molar-refractivity contribution in [2.24, 2.45) is 11.8 Å². The van der Waals surface area contributed by atoms with Crippen molar-refractivity contribution in [1.82, 2.24) is 14.5 Å². The van der Waals surface area contributed by atoms with Gasteiger partial charge in [0.25, 0.3) is 0 Å². The quantitative estimate of drug-likeness (QED) is 0.821. The molecule has 1 saturated heterocycles. The first-order chi connectivity index (χ1) is 11.4. The van der Waals surface area contributed by atoms with E-state index in [0.29, 0.717) is 25.9 Å². The Morgan fingerprint density at radius 2 is 2.04 bits per heavy atom. The summed E-state index contributed by atoms with van der Waals surface area (Å²) in [5.74, 6) is -0.986. The van der Waals surface area contributed by atoms with Gasteiger partial charge in [0, 0.05) is 31.4 Å². The highest BCUT2D eigenvalue weighted by molar-refractivity contribution is 5.79. The van der Waals surface area contributed by atoms with Gasteiger partial charge in [0.05, 0.1) is 12.0 Å². The molecule has 3 rings (SSSR count). The number of hydrogen-bond acceptors (Lipinski definition) is 2. The van der Waals surface area contributed by atoms with Crippen LogP contribution in [0, 0.1) is 18.8 Å². The Hall–Kier alpha value is -1.53. The monoisotopic (exact) mass is 343 g/mol. The van der Waals surface area contributed by atoms with Gasteiger partial charge in [-0.1, -0.05) is 6.42 Å². The van der Waals surface area contributed by atoms with Crippen LogP contribution < -0.4 is 0 Å². The predicted molar refractivity (Wildman–Crippen MR) is 83.3 cm³/mol.